The highest BCUT2D eigenvalue weighted by atomic mass is 16.9. The van der Waals surface area contributed by atoms with Crippen LogP contribution in [0.4, 0.5) is 0 Å². The Morgan fingerprint density at radius 3 is 2.19 bits per heavy atom. The van der Waals surface area contributed by atoms with Crippen molar-refractivity contribution in [1.29, 1.82) is 0 Å². The Morgan fingerprint density at radius 2 is 1.47 bits per heavy atom. The van der Waals surface area contributed by atoms with Crippen LogP contribution >= 0.6 is 0 Å². The van der Waals surface area contributed by atoms with E-state index in [1.165, 1.54) is 0 Å². The van der Waals surface area contributed by atoms with Crippen LogP contribution in [0.5, 0.6) is 0 Å². The second-order valence-corrected chi connectivity index (χ2v) is 12.5. The number of benzene rings is 2. The van der Waals surface area contributed by atoms with Gasteiger partial charge in [-0.2, -0.15) is 0 Å². The molecule has 234 valence electrons. The molecule has 5 aliphatic heterocycles. The number of ether oxygens (including phenoxy) is 10. The standard InChI is InChI=1S/C32H40O11/c1-31(2)36-17-21(41-31)24-26(27-30(39-24)43-32(3,4)42-27)40-29-22(33)25(34-15-18-11-7-5-8-12-18)23-20(37-29)16-35-28(38-23)19-13-9-6-10-14-19/h5-14,20-30,33H,15-17H2,1-4H3/t20-,21?,22+,23-,24-,25-,26+,27-,28-,29+,30-/m1/s1. The lowest BCUT2D eigenvalue weighted by Gasteiger charge is -2.48. The molecule has 7 rings (SSSR count). The van der Waals surface area contributed by atoms with Crippen molar-refractivity contribution in [3.63, 3.8) is 0 Å². The summed E-state index contributed by atoms with van der Waals surface area (Å²) < 4.78 is 62.3. The summed E-state index contributed by atoms with van der Waals surface area (Å²) in [5.41, 5.74) is 1.84. The quantitative estimate of drug-likeness (QED) is 0.506. The van der Waals surface area contributed by atoms with Crippen LogP contribution in [0, 0.1) is 0 Å². The van der Waals surface area contributed by atoms with Crippen molar-refractivity contribution in [2.24, 2.45) is 0 Å². The predicted molar refractivity (Wildman–Crippen MR) is 148 cm³/mol. The van der Waals surface area contributed by atoms with E-state index in [2.05, 4.69) is 0 Å². The molecule has 0 spiro atoms. The van der Waals surface area contributed by atoms with E-state index in [1.54, 1.807) is 0 Å². The Morgan fingerprint density at radius 1 is 0.744 bits per heavy atom. The van der Waals surface area contributed by atoms with E-state index >= 15 is 0 Å². The molecule has 0 radical (unpaired) electrons. The van der Waals surface area contributed by atoms with E-state index in [4.69, 9.17) is 47.4 Å². The monoisotopic (exact) mass is 600 g/mol. The summed E-state index contributed by atoms with van der Waals surface area (Å²) in [5.74, 6) is -1.64. The fourth-order valence-electron chi connectivity index (χ4n) is 6.40. The lowest BCUT2D eigenvalue weighted by atomic mass is 9.97. The highest BCUT2D eigenvalue weighted by Gasteiger charge is 2.61. The topological polar surface area (TPSA) is 113 Å². The zero-order valence-corrected chi connectivity index (χ0v) is 24.8. The molecule has 0 bridgehead atoms. The van der Waals surface area contributed by atoms with Crippen molar-refractivity contribution in [2.45, 2.75) is 114 Å². The first-order chi connectivity index (χ1) is 20.7. The third kappa shape index (κ3) is 6.14. The molecule has 11 heteroatoms. The first-order valence-electron chi connectivity index (χ1n) is 15.0. The summed E-state index contributed by atoms with van der Waals surface area (Å²) in [4.78, 5) is 0. The van der Waals surface area contributed by atoms with E-state index in [1.807, 2.05) is 88.4 Å². The van der Waals surface area contributed by atoms with Crippen molar-refractivity contribution < 1.29 is 52.5 Å². The highest BCUT2D eigenvalue weighted by Crippen LogP contribution is 2.44. The van der Waals surface area contributed by atoms with Crippen LogP contribution in [0.15, 0.2) is 60.7 Å². The third-order valence-electron chi connectivity index (χ3n) is 8.38. The molecule has 2 aromatic rings. The predicted octanol–water partition coefficient (Wildman–Crippen LogP) is 3.18. The number of rotatable bonds is 7. The summed E-state index contributed by atoms with van der Waals surface area (Å²) >= 11 is 0. The molecular weight excluding hydrogens is 560 g/mol. The van der Waals surface area contributed by atoms with E-state index in [9.17, 15) is 5.11 Å². The Bertz CT molecular complexity index is 1230. The number of fused-ring (bicyclic) bond motifs is 2. The molecule has 11 atom stereocenters. The second kappa shape index (κ2) is 11.7. The summed E-state index contributed by atoms with van der Waals surface area (Å²) in [5, 5.41) is 11.8. The maximum Gasteiger partial charge on any atom is 0.190 e. The minimum Gasteiger partial charge on any atom is -0.385 e. The molecule has 1 N–H and O–H groups in total. The Hall–Kier alpha value is -2.00. The van der Waals surface area contributed by atoms with Gasteiger partial charge in [-0.25, -0.2) is 0 Å². The van der Waals surface area contributed by atoms with Crippen LogP contribution in [0.1, 0.15) is 45.1 Å². The maximum absolute atomic E-state index is 11.8. The minimum absolute atomic E-state index is 0.221. The van der Waals surface area contributed by atoms with Gasteiger partial charge in [-0.05, 0) is 33.3 Å². The SMILES string of the molecule is CC1(C)OCC([C@H]2O[C@@H]3OC(C)(C)O[C@@H]3[C@H]2O[C@@H]2O[C@@H]3CO[C@@H](c4ccccc4)O[C@H]3[C@H](OCc3ccccc3)[C@@H]2O)O1. The summed E-state index contributed by atoms with van der Waals surface area (Å²) in [7, 11) is 0. The first-order valence-corrected chi connectivity index (χ1v) is 15.0. The van der Waals surface area contributed by atoms with Gasteiger partial charge in [0.25, 0.3) is 0 Å². The van der Waals surface area contributed by atoms with Crippen LogP contribution in [0.2, 0.25) is 0 Å². The molecule has 0 aliphatic carbocycles. The molecular formula is C32H40O11. The Balaban J connectivity index is 1.13. The fourth-order valence-corrected chi connectivity index (χ4v) is 6.40. The molecule has 0 saturated carbocycles. The molecule has 43 heavy (non-hydrogen) atoms. The molecule has 5 fully saturated rings. The summed E-state index contributed by atoms with van der Waals surface area (Å²) in [6, 6.07) is 19.5. The summed E-state index contributed by atoms with van der Waals surface area (Å²) in [6.45, 7) is 8.15. The number of aliphatic hydroxyl groups is 1. The lowest BCUT2D eigenvalue weighted by Crippen LogP contribution is -2.64. The molecule has 0 amide bonds. The van der Waals surface area contributed by atoms with E-state index < -0.39 is 79.3 Å². The molecule has 0 aromatic heterocycles. The first kappa shape index (κ1) is 29.7. The Kier molecular flexibility index (Phi) is 8.11. The average Bonchev–Trinajstić information content (AvgIpc) is 3.62. The van der Waals surface area contributed by atoms with Crippen LogP contribution in [0.25, 0.3) is 0 Å². The smallest absolute Gasteiger partial charge is 0.190 e. The van der Waals surface area contributed by atoms with Gasteiger partial charge in [-0.3, -0.25) is 0 Å². The van der Waals surface area contributed by atoms with Crippen LogP contribution in [0.3, 0.4) is 0 Å². The van der Waals surface area contributed by atoms with Gasteiger partial charge < -0.3 is 52.5 Å². The number of hydrogen-bond donors (Lipinski definition) is 1. The minimum atomic E-state index is -1.20. The number of aliphatic hydroxyl groups excluding tert-OH is 1. The van der Waals surface area contributed by atoms with Gasteiger partial charge in [-0.1, -0.05) is 60.7 Å². The normalized spacial score (nSPS) is 41.6. The van der Waals surface area contributed by atoms with E-state index in [0.717, 1.165) is 11.1 Å². The highest BCUT2D eigenvalue weighted by molar-refractivity contribution is 5.17. The third-order valence-corrected chi connectivity index (χ3v) is 8.38. The average molecular weight is 601 g/mol. The van der Waals surface area contributed by atoms with Crippen molar-refractivity contribution in [1.82, 2.24) is 0 Å². The van der Waals surface area contributed by atoms with Crippen LogP contribution in [-0.4, -0.2) is 91.3 Å². The van der Waals surface area contributed by atoms with Gasteiger partial charge in [-0.15, -0.1) is 0 Å². The summed E-state index contributed by atoms with van der Waals surface area (Å²) in [6.07, 6.45) is -7.85. The number of hydrogen-bond acceptors (Lipinski definition) is 11. The Labute approximate surface area is 251 Å². The van der Waals surface area contributed by atoms with Crippen molar-refractivity contribution in [2.75, 3.05) is 13.2 Å². The van der Waals surface area contributed by atoms with Crippen molar-refractivity contribution in [3.05, 3.63) is 71.8 Å². The molecule has 5 saturated heterocycles. The van der Waals surface area contributed by atoms with Gasteiger partial charge in [0.2, 0.25) is 0 Å². The fraction of sp³-hybridized carbons (Fsp3) is 0.625. The molecule has 5 aliphatic rings. The maximum atomic E-state index is 11.8. The van der Waals surface area contributed by atoms with Gasteiger partial charge in [0.05, 0.1) is 19.8 Å². The molecule has 1 unspecified atom stereocenters. The largest absolute Gasteiger partial charge is 0.385 e. The zero-order chi connectivity index (χ0) is 29.8. The van der Waals surface area contributed by atoms with Gasteiger partial charge in [0.1, 0.15) is 48.8 Å². The van der Waals surface area contributed by atoms with Gasteiger partial charge in [0, 0.05) is 5.56 Å². The molecule has 5 heterocycles. The van der Waals surface area contributed by atoms with Gasteiger partial charge in [0.15, 0.2) is 30.4 Å². The van der Waals surface area contributed by atoms with Crippen LogP contribution < -0.4 is 0 Å². The molecule has 11 nitrogen and oxygen atoms in total. The van der Waals surface area contributed by atoms with E-state index in [0.29, 0.717) is 6.61 Å². The van der Waals surface area contributed by atoms with Crippen molar-refractivity contribution in [3.8, 4) is 0 Å². The van der Waals surface area contributed by atoms with E-state index in [-0.39, 0.29) is 13.2 Å². The van der Waals surface area contributed by atoms with Crippen LogP contribution in [-0.2, 0) is 54.0 Å². The van der Waals surface area contributed by atoms with Crippen molar-refractivity contribution >= 4 is 0 Å². The van der Waals surface area contributed by atoms with Gasteiger partial charge >= 0.3 is 0 Å². The zero-order valence-electron chi connectivity index (χ0n) is 24.8. The lowest BCUT2D eigenvalue weighted by molar-refractivity contribution is -0.376. The second-order valence-electron chi connectivity index (χ2n) is 12.5. The molecule has 2 aromatic carbocycles.